The van der Waals surface area contributed by atoms with E-state index in [0.717, 1.165) is 36.2 Å². The van der Waals surface area contributed by atoms with E-state index in [-0.39, 0.29) is 36.5 Å². The molecule has 1 saturated heterocycles. The molecule has 4 N–H and O–H groups in total. The molecule has 4 saturated carbocycles. The summed E-state index contributed by atoms with van der Waals surface area (Å²) in [7, 11) is 3.14. The first-order valence-corrected chi connectivity index (χ1v) is 16.0. The fourth-order valence-electron chi connectivity index (χ4n) is 8.88. The van der Waals surface area contributed by atoms with Gasteiger partial charge in [0.1, 0.15) is 11.6 Å². The number of carbonyl (C=O) groups is 3. The first kappa shape index (κ1) is 33.4. The van der Waals surface area contributed by atoms with Gasteiger partial charge in [0.25, 0.3) is 0 Å². The molecule has 4 bridgehead atoms. The van der Waals surface area contributed by atoms with Crippen molar-refractivity contribution in [1.82, 2.24) is 15.5 Å². The lowest BCUT2D eigenvalue weighted by Gasteiger charge is -2.57. The van der Waals surface area contributed by atoms with E-state index >= 15 is 0 Å². The van der Waals surface area contributed by atoms with Crippen LogP contribution < -0.4 is 25.8 Å². The molecule has 4 aliphatic carbocycles. The van der Waals surface area contributed by atoms with Crippen molar-refractivity contribution in [3.8, 4) is 11.5 Å². The van der Waals surface area contributed by atoms with Gasteiger partial charge in [-0.3, -0.25) is 14.4 Å². The maximum Gasteiger partial charge on any atom is 0.245 e. The fourth-order valence-corrected chi connectivity index (χ4v) is 8.88. The Morgan fingerprint density at radius 2 is 1.70 bits per heavy atom. The van der Waals surface area contributed by atoms with E-state index in [1.165, 1.54) is 38.5 Å². The van der Waals surface area contributed by atoms with Crippen molar-refractivity contribution in [2.75, 3.05) is 33.9 Å². The van der Waals surface area contributed by atoms with Crippen LogP contribution in [0.1, 0.15) is 83.1 Å². The highest BCUT2D eigenvalue weighted by atomic mass is 35.5. The van der Waals surface area contributed by atoms with Crippen LogP contribution in [0, 0.1) is 23.2 Å². The van der Waals surface area contributed by atoms with Gasteiger partial charge in [0.15, 0.2) is 11.5 Å². The highest BCUT2D eigenvalue weighted by Gasteiger charge is 2.51. The van der Waals surface area contributed by atoms with Crippen LogP contribution in [0.5, 0.6) is 11.5 Å². The number of hydrogen-bond donors (Lipinski definition) is 3. The van der Waals surface area contributed by atoms with Gasteiger partial charge >= 0.3 is 0 Å². The van der Waals surface area contributed by atoms with Gasteiger partial charge in [-0.15, -0.1) is 12.4 Å². The molecule has 1 aliphatic heterocycles. The van der Waals surface area contributed by atoms with E-state index in [1.54, 1.807) is 32.1 Å². The number of ether oxygens (including phenoxy) is 2. The van der Waals surface area contributed by atoms with Crippen molar-refractivity contribution in [2.24, 2.45) is 28.9 Å². The Bertz CT molecular complexity index is 1130. The second-order valence-corrected chi connectivity index (χ2v) is 13.7. The number of benzene rings is 1. The standard InChI is InChI=1S/C33H50N4O5.ClH/c1-32(31(40)35-12-5-11-34,18-22-7-8-27(41-2)28(17-22)42-3)36-30(39)26-6-4-13-37(26)29(38)9-10-33-19-23-14-24(20-33)16-25(15-23)21-33;/h7-8,17,23-26H,4-6,9-16,18-21,34H2,1-3H3,(H,35,40)(H,36,39);1H/t23?,24?,25?,26-,32-,33?;/m0./s1. The number of hydrogen-bond acceptors (Lipinski definition) is 6. The smallest absolute Gasteiger partial charge is 0.245 e. The van der Waals surface area contributed by atoms with E-state index in [9.17, 15) is 14.4 Å². The third-order valence-corrected chi connectivity index (χ3v) is 10.5. The normalized spacial score (nSPS) is 28.5. The van der Waals surface area contributed by atoms with Crippen molar-refractivity contribution in [3.63, 3.8) is 0 Å². The Labute approximate surface area is 262 Å². The van der Waals surface area contributed by atoms with Gasteiger partial charge in [-0.1, -0.05) is 6.07 Å². The third-order valence-electron chi connectivity index (χ3n) is 10.5. The number of nitrogens with one attached hydrogen (secondary N) is 2. The number of likely N-dealkylation sites (tertiary alicyclic amines) is 1. The molecule has 1 aromatic carbocycles. The van der Waals surface area contributed by atoms with Crippen LogP contribution in [0.2, 0.25) is 0 Å². The van der Waals surface area contributed by atoms with Gasteiger partial charge in [0.05, 0.1) is 14.2 Å². The summed E-state index contributed by atoms with van der Waals surface area (Å²) in [4.78, 5) is 42.6. The molecule has 10 heteroatoms. The van der Waals surface area contributed by atoms with Crippen molar-refractivity contribution >= 4 is 30.1 Å². The van der Waals surface area contributed by atoms with Crippen molar-refractivity contribution < 1.29 is 23.9 Å². The van der Waals surface area contributed by atoms with Gasteiger partial charge < -0.3 is 30.7 Å². The number of carbonyl (C=O) groups excluding carboxylic acids is 3. The summed E-state index contributed by atoms with van der Waals surface area (Å²) in [5, 5.41) is 6.00. The van der Waals surface area contributed by atoms with Crippen LogP contribution in [-0.4, -0.2) is 68.1 Å². The van der Waals surface area contributed by atoms with Crippen LogP contribution in [0.4, 0.5) is 0 Å². The van der Waals surface area contributed by atoms with Crippen molar-refractivity contribution in [3.05, 3.63) is 23.8 Å². The van der Waals surface area contributed by atoms with Crippen LogP contribution >= 0.6 is 12.4 Å². The first-order chi connectivity index (χ1) is 20.2. The number of halogens is 1. The van der Waals surface area contributed by atoms with Crippen molar-refractivity contribution in [2.45, 2.75) is 95.6 Å². The van der Waals surface area contributed by atoms with Crippen LogP contribution in [0.25, 0.3) is 0 Å². The van der Waals surface area contributed by atoms with E-state index in [0.29, 0.717) is 55.8 Å². The lowest BCUT2D eigenvalue weighted by Crippen LogP contribution is -2.61. The molecule has 0 unspecified atom stereocenters. The monoisotopic (exact) mass is 618 g/mol. The summed E-state index contributed by atoms with van der Waals surface area (Å²) in [5.41, 5.74) is 5.56. The lowest BCUT2D eigenvalue weighted by molar-refractivity contribution is -0.142. The van der Waals surface area contributed by atoms with Gasteiger partial charge in [0, 0.05) is 25.9 Å². The number of rotatable bonds is 13. The van der Waals surface area contributed by atoms with Gasteiger partial charge in [-0.2, -0.15) is 0 Å². The molecule has 0 spiro atoms. The van der Waals surface area contributed by atoms with Crippen molar-refractivity contribution in [1.29, 1.82) is 0 Å². The maximum absolute atomic E-state index is 13.8. The van der Waals surface area contributed by atoms with E-state index < -0.39 is 11.6 Å². The average Bonchev–Trinajstić information content (AvgIpc) is 3.46. The second kappa shape index (κ2) is 14.1. The van der Waals surface area contributed by atoms with Gasteiger partial charge in [-0.05, 0) is 119 Å². The zero-order valence-electron chi connectivity index (χ0n) is 26.1. The largest absolute Gasteiger partial charge is 0.493 e. The predicted octanol–water partition coefficient (Wildman–Crippen LogP) is 4.00. The lowest BCUT2D eigenvalue weighted by atomic mass is 9.48. The molecule has 43 heavy (non-hydrogen) atoms. The minimum absolute atomic E-state index is 0. The van der Waals surface area contributed by atoms with E-state index in [2.05, 4.69) is 10.6 Å². The summed E-state index contributed by atoms with van der Waals surface area (Å²) in [6, 6.07) is 4.93. The van der Waals surface area contributed by atoms with Gasteiger partial charge in [-0.25, -0.2) is 0 Å². The molecule has 1 aromatic rings. The molecule has 3 amide bonds. The summed E-state index contributed by atoms with van der Waals surface area (Å²) >= 11 is 0. The molecule has 0 aromatic heterocycles. The van der Waals surface area contributed by atoms with E-state index in [1.807, 2.05) is 12.1 Å². The van der Waals surface area contributed by atoms with Crippen LogP contribution in [0.3, 0.4) is 0 Å². The molecule has 240 valence electrons. The van der Waals surface area contributed by atoms with E-state index in [4.69, 9.17) is 15.2 Å². The predicted molar refractivity (Wildman–Crippen MR) is 168 cm³/mol. The molecule has 6 rings (SSSR count). The molecule has 5 aliphatic rings. The number of nitrogens with two attached hydrogens (primary N) is 1. The summed E-state index contributed by atoms with van der Waals surface area (Å²) in [5.74, 6) is 3.25. The molecule has 9 nitrogen and oxygen atoms in total. The zero-order valence-corrected chi connectivity index (χ0v) is 26.9. The Morgan fingerprint density at radius 3 is 2.30 bits per heavy atom. The second-order valence-electron chi connectivity index (χ2n) is 13.7. The Morgan fingerprint density at radius 1 is 1.05 bits per heavy atom. The highest BCUT2D eigenvalue weighted by molar-refractivity contribution is 5.94. The van der Waals surface area contributed by atoms with Crippen LogP contribution in [-0.2, 0) is 20.8 Å². The number of amides is 3. The number of methoxy groups -OCH3 is 2. The quantitative estimate of drug-likeness (QED) is 0.287. The molecular formula is C33H51ClN4O5. The minimum Gasteiger partial charge on any atom is -0.493 e. The average molecular weight is 619 g/mol. The Balaban J connectivity index is 0.00000423. The molecule has 1 heterocycles. The molecule has 2 atom stereocenters. The SMILES string of the molecule is COc1ccc(C[C@](C)(NC(=O)[C@@H]2CCCN2C(=O)CCC23CC4CC(CC(C4)C2)C3)C(=O)NCCCN)cc1OC.Cl. The molecule has 0 radical (unpaired) electrons. The zero-order chi connectivity index (χ0) is 29.9. The topological polar surface area (TPSA) is 123 Å². The van der Waals surface area contributed by atoms with Gasteiger partial charge in [0.2, 0.25) is 17.7 Å². The third kappa shape index (κ3) is 7.42. The maximum atomic E-state index is 13.8. The minimum atomic E-state index is -1.23. The molecular weight excluding hydrogens is 568 g/mol. The Kier molecular flexibility index (Phi) is 10.9. The summed E-state index contributed by atoms with van der Waals surface area (Å²) in [6.07, 6.45) is 11.8. The Hall–Kier alpha value is -2.52. The van der Waals surface area contributed by atoms with Crippen LogP contribution in [0.15, 0.2) is 18.2 Å². The fraction of sp³-hybridized carbons (Fsp3) is 0.727. The molecule has 5 fully saturated rings. The number of nitrogens with zero attached hydrogens (tertiary/aromatic N) is 1. The highest BCUT2D eigenvalue weighted by Crippen LogP contribution is 2.61. The first-order valence-electron chi connectivity index (χ1n) is 16.0. The summed E-state index contributed by atoms with van der Waals surface area (Å²) in [6.45, 7) is 3.22. The summed E-state index contributed by atoms with van der Waals surface area (Å²) < 4.78 is 10.8.